The summed E-state index contributed by atoms with van der Waals surface area (Å²) in [4.78, 5) is 11.2. The Bertz CT molecular complexity index is 743. The van der Waals surface area contributed by atoms with Crippen LogP contribution >= 0.6 is 0 Å². The highest BCUT2D eigenvalue weighted by atomic mass is 16.5. The van der Waals surface area contributed by atoms with E-state index in [1.165, 1.54) is 5.57 Å². The first-order chi connectivity index (χ1) is 11.8. The molecule has 5 nitrogen and oxygen atoms in total. The summed E-state index contributed by atoms with van der Waals surface area (Å²) in [6.45, 7) is 5.96. The van der Waals surface area contributed by atoms with E-state index in [9.17, 15) is 0 Å². The van der Waals surface area contributed by atoms with Gasteiger partial charge in [-0.25, -0.2) is 0 Å². The summed E-state index contributed by atoms with van der Waals surface area (Å²) in [5.41, 5.74) is 4.29. The number of nitrogens with zero attached hydrogens (tertiary/aromatic N) is 3. The Kier molecular flexibility index (Phi) is 4.28. The van der Waals surface area contributed by atoms with Crippen LogP contribution in [0, 0.1) is 6.92 Å². The molecule has 0 spiro atoms. The van der Waals surface area contributed by atoms with E-state index >= 15 is 0 Å². The minimum absolute atomic E-state index is 0.00996. The fourth-order valence-electron chi connectivity index (χ4n) is 3.14. The maximum Gasteiger partial charge on any atom is 0.127 e. The molecular weight excluding hydrogens is 302 g/mol. The van der Waals surface area contributed by atoms with Crippen LogP contribution in [0.3, 0.4) is 0 Å². The van der Waals surface area contributed by atoms with Crippen molar-refractivity contribution in [2.24, 2.45) is 0 Å². The van der Waals surface area contributed by atoms with Crippen LogP contribution in [0.1, 0.15) is 23.1 Å². The van der Waals surface area contributed by atoms with E-state index in [4.69, 9.17) is 9.47 Å². The van der Waals surface area contributed by atoms with Crippen LogP contribution in [0.2, 0.25) is 0 Å². The lowest BCUT2D eigenvalue weighted by molar-refractivity contribution is -0.0296. The van der Waals surface area contributed by atoms with Crippen molar-refractivity contribution in [3.8, 4) is 5.75 Å². The van der Waals surface area contributed by atoms with E-state index < -0.39 is 0 Å². The van der Waals surface area contributed by atoms with Crippen LogP contribution in [-0.4, -0.2) is 47.7 Å². The van der Waals surface area contributed by atoms with E-state index in [2.05, 4.69) is 27.0 Å². The van der Waals surface area contributed by atoms with Crippen LogP contribution in [0.4, 0.5) is 0 Å². The quantitative estimate of drug-likeness (QED) is 0.869. The van der Waals surface area contributed by atoms with Gasteiger partial charge in [0.15, 0.2) is 0 Å². The van der Waals surface area contributed by atoms with Crippen molar-refractivity contribution in [3.63, 3.8) is 0 Å². The molecule has 0 aliphatic carbocycles. The molecule has 0 unspecified atom stereocenters. The second kappa shape index (κ2) is 6.71. The molecule has 0 radical (unpaired) electrons. The lowest BCUT2D eigenvalue weighted by Gasteiger charge is -2.33. The van der Waals surface area contributed by atoms with Crippen LogP contribution in [0.15, 0.2) is 42.2 Å². The summed E-state index contributed by atoms with van der Waals surface area (Å²) >= 11 is 0. The monoisotopic (exact) mass is 323 g/mol. The van der Waals surface area contributed by atoms with Gasteiger partial charge in [0.1, 0.15) is 18.5 Å². The van der Waals surface area contributed by atoms with Gasteiger partial charge >= 0.3 is 0 Å². The Morgan fingerprint density at radius 2 is 2.12 bits per heavy atom. The summed E-state index contributed by atoms with van der Waals surface area (Å²) in [5.74, 6) is 0.969. The van der Waals surface area contributed by atoms with Gasteiger partial charge in [-0.3, -0.25) is 14.9 Å². The van der Waals surface area contributed by atoms with Gasteiger partial charge in [0.25, 0.3) is 0 Å². The Hall–Kier alpha value is -2.24. The predicted octanol–water partition coefficient (Wildman–Crippen LogP) is 2.63. The number of benzene rings is 1. The minimum Gasteiger partial charge on any atom is -0.489 e. The number of morpholine rings is 1. The molecular formula is C19H21N3O2. The van der Waals surface area contributed by atoms with Gasteiger partial charge in [0.2, 0.25) is 0 Å². The zero-order chi connectivity index (χ0) is 16.4. The number of hydrogen-bond donors (Lipinski definition) is 0. The molecule has 5 heteroatoms. The molecule has 0 N–H and O–H groups in total. The smallest absolute Gasteiger partial charge is 0.127 e. The van der Waals surface area contributed by atoms with Crippen LogP contribution < -0.4 is 4.74 Å². The topological polar surface area (TPSA) is 47.5 Å². The van der Waals surface area contributed by atoms with Crippen molar-refractivity contribution >= 4 is 6.08 Å². The highest BCUT2D eigenvalue weighted by molar-refractivity contribution is 5.62. The molecule has 1 atom stereocenters. The Morgan fingerprint density at radius 1 is 1.21 bits per heavy atom. The van der Waals surface area contributed by atoms with Gasteiger partial charge in [-0.1, -0.05) is 18.2 Å². The van der Waals surface area contributed by atoms with Gasteiger partial charge in [-0.2, -0.15) is 0 Å². The molecule has 0 amide bonds. The summed E-state index contributed by atoms with van der Waals surface area (Å²) in [5, 5.41) is 0. The summed E-state index contributed by atoms with van der Waals surface area (Å²) in [6.07, 6.45) is 5.85. The lowest BCUT2D eigenvalue weighted by atomic mass is 10.1. The van der Waals surface area contributed by atoms with Crippen molar-refractivity contribution in [2.45, 2.75) is 13.0 Å². The average Bonchev–Trinajstić information content (AvgIpc) is 2.62. The molecule has 1 aromatic heterocycles. The fraction of sp³-hybridized carbons (Fsp3) is 0.368. The molecule has 0 bridgehead atoms. The Morgan fingerprint density at radius 3 is 3.00 bits per heavy atom. The molecule has 124 valence electrons. The van der Waals surface area contributed by atoms with Gasteiger partial charge < -0.3 is 9.47 Å². The van der Waals surface area contributed by atoms with Crippen molar-refractivity contribution in [1.82, 2.24) is 14.9 Å². The van der Waals surface area contributed by atoms with E-state index in [0.29, 0.717) is 13.2 Å². The summed E-state index contributed by atoms with van der Waals surface area (Å²) in [6, 6.07) is 8.16. The lowest BCUT2D eigenvalue weighted by Crippen LogP contribution is -2.40. The highest BCUT2D eigenvalue weighted by Crippen LogP contribution is 2.27. The number of aryl methyl sites for hydroxylation is 1. The van der Waals surface area contributed by atoms with E-state index in [1.807, 2.05) is 31.3 Å². The van der Waals surface area contributed by atoms with E-state index in [-0.39, 0.29) is 6.10 Å². The van der Waals surface area contributed by atoms with Gasteiger partial charge in [0.05, 0.1) is 24.2 Å². The van der Waals surface area contributed by atoms with Crippen molar-refractivity contribution in [3.05, 3.63) is 59.2 Å². The molecule has 2 aliphatic heterocycles. The molecule has 1 saturated heterocycles. The first kappa shape index (κ1) is 15.3. The first-order valence-corrected chi connectivity index (χ1v) is 8.32. The normalized spacial score (nSPS) is 20.9. The van der Waals surface area contributed by atoms with Gasteiger partial charge in [0, 0.05) is 31.4 Å². The molecule has 3 heterocycles. The average molecular weight is 323 g/mol. The standard InChI is InChI=1S/C19H21N3O2/c1-14-9-21-17(10-20-14)19-12-22(6-7-23-19)11-15-8-16-4-2-3-5-18(16)24-13-15/h2-5,8-10,19H,6-7,11-13H2,1H3/t19-/m0/s1. The number of rotatable bonds is 3. The maximum absolute atomic E-state index is 5.88. The molecule has 2 aliphatic rings. The fourth-order valence-corrected chi connectivity index (χ4v) is 3.14. The number of aromatic nitrogens is 2. The van der Waals surface area contributed by atoms with E-state index in [0.717, 1.165) is 42.3 Å². The zero-order valence-electron chi connectivity index (χ0n) is 13.8. The van der Waals surface area contributed by atoms with Crippen LogP contribution in [0.25, 0.3) is 6.08 Å². The van der Waals surface area contributed by atoms with Crippen molar-refractivity contribution < 1.29 is 9.47 Å². The minimum atomic E-state index is -0.00996. The summed E-state index contributed by atoms with van der Waals surface area (Å²) < 4.78 is 11.7. The van der Waals surface area contributed by atoms with Gasteiger partial charge in [-0.05, 0) is 24.6 Å². The molecule has 0 saturated carbocycles. The van der Waals surface area contributed by atoms with E-state index in [1.54, 1.807) is 6.20 Å². The zero-order valence-corrected chi connectivity index (χ0v) is 13.8. The molecule has 24 heavy (non-hydrogen) atoms. The third kappa shape index (κ3) is 3.32. The van der Waals surface area contributed by atoms with Gasteiger partial charge in [-0.15, -0.1) is 0 Å². The Labute approximate surface area is 141 Å². The molecule has 1 fully saturated rings. The SMILES string of the molecule is Cc1cnc([C@@H]2CN(CC3=Cc4ccccc4OC3)CCO2)cn1. The molecule has 4 rings (SSSR count). The second-order valence-corrected chi connectivity index (χ2v) is 6.31. The maximum atomic E-state index is 5.88. The predicted molar refractivity (Wildman–Crippen MR) is 91.8 cm³/mol. The molecule has 1 aromatic carbocycles. The van der Waals surface area contributed by atoms with Crippen molar-refractivity contribution in [1.29, 1.82) is 0 Å². The Balaban J connectivity index is 1.44. The number of ether oxygens (including phenoxy) is 2. The number of fused-ring (bicyclic) bond motifs is 1. The number of para-hydroxylation sites is 1. The van der Waals surface area contributed by atoms with Crippen LogP contribution in [-0.2, 0) is 4.74 Å². The van der Waals surface area contributed by atoms with Crippen molar-refractivity contribution in [2.75, 3.05) is 32.8 Å². The third-order valence-electron chi connectivity index (χ3n) is 4.40. The summed E-state index contributed by atoms with van der Waals surface area (Å²) in [7, 11) is 0. The first-order valence-electron chi connectivity index (χ1n) is 8.32. The number of hydrogen-bond acceptors (Lipinski definition) is 5. The van der Waals surface area contributed by atoms with Crippen LogP contribution in [0.5, 0.6) is 5.75 Å². The molecule has 2 aromatic rings. The second-order valence-electron chi connectivity index (χ2n) is 6.31. The highest BCUT2D eigenvalue weighted by Gasteiger charge is 2.24. The largest absolute Gasteiger partial charge is 0.489 e. The third-order valence-corrected chi connectivity index (χ3v) is 4.40.